The van der Waals surface area contributed by atoms with Crippen LogP contribution in [0, 0.1) is 11.8 Å². The fraction of sp³-hybridized carbons (Fsp3) is 0.929. The molecule has 1 aliphatic carbocycles. The van der Waals surface area contributed by atoms with Crippen molar-refractivity contribution in [3.05, 3.63) is 0 Å². The number of hydrogen-bond acceptors (Lipinski definition) is 4. The van der Waals surface area contributed by atoms with Gasteiger partial charge in [-0.25, -0.2) is 4.79 Å². The van der Waals surface area contributed by atoms with Gasteiger partial charge in [-0.1, -0.05) is 6.92 Å². The second kappa shape index (κ2) is 7.10. The zero-order chi connectivity index (χ0) is 14.5. The second-order valence-electron chi connectivity index (χ2n) is 6.53. The Labute approximate surface area is 116 Å². The molecule has 1 saturated carbocycles. The number of carbonyl (C=O) groups is 1. The highest BCUT2D eigenvalue weighted by Gasteiger charge is 2.32. The summed E-state index contributed by atoms with van der Waals surface area (Å²) in [7, 11) is 0. The van der Waals surface area contributed by atoms with Crippen LogP contribution in [0.4, 0.5) is 4.79 Å². The van der Waals surface area contributed by atoms with E-state index in [1.165, 1.54) is 6.42 Å². The largest absolute Gasteiger partial charge is 0.444 e. The van der Waals surface area contributed by atoms with Crippen molar-refractivity contribution >= 4 is 6.09 Å². The van der Waals surface area contributed by atoms with Crippen molar-refractivity contribution in [2.24, 2.45) is 17.6 Å². The molecule has 5 nitrogen and oxygen atoms in total. The maximum absolute atomic E-state index is 11.5. The van der Waals surface area contributed by atoms with Crippen molar-refractivity contribution < 1.29 is 9.53 Å². The van der Waals surface area contributed by atoms with Gasteiger partial charge in [0.15, 0.2) is 0 Å². The number of ether oxygens (including phenoxy) is 1. The summed E-state index contributed by atoms with van der Waals surface area (Å²) in [6.45, 7) is 10.1. The molecule has 0 aromatic rings. The average molecular weight is 271 g/mol. The highest BCUT2D eigenvalue weighted by Crippen LogP contribution is 2.36. The SMILES string of the molecule is CC1CC1CNC(CN)CCNC(=O)OC(C)(C)C. The Morgan fingerprint density at radius 2 is 2.11 bits per heavy atom. The maximum atomic E-state index is 11.5. The Balaban J connectivity index is 2.09. The lowest BCUT2D eigenvalue weighted by Gasteiger charge is -2.21. The first-order valence-corrected chi connectivity index (χ1v) is 7.22. The van der Waals surface area contributed by atoms with Crippen LogP contribution in [0.3, 0.4) is 0 Å². The third-order valence-corrected chi connectivity index (χ3v) is 3.39. The molecule has 0 aromatic heterocycles. The zero-order valence-corrected chi connectivity index (χ0v) is 12.7. The molecule has 112 valence electrons. The molecule has 1 fully saturated rings. The molecule has 0 saturated heterocycles. The summed E-state index contributed by atoms with van der Waals surface area (Å²) >= 11 is 0. The van der Waals surface area contributed by atoms with E-state index in [1.54, 1.807) is 0 Å². The highest BCUT2D eigenvalue weighted by molar-refractivity contribution is 5.67. The molecule has 3 unspecified atom stereocenters. The van der Waals surface area contributed by atoms with Gasteiger partial charge in [0, 0.05) is 19.1 Å². The number of rotatable bonds is 7. The average Bonchev–Trinajstić information content (AvgIpc) is 2.97. The molecule has 1 amide bonds. The van der Waals surface area contributed by atoms with E-state index in [1.807, 2.05) is 20.8 Å². The van der Waals surface area contributed by atoms with Crippen molar-refractivity contribution in [2.45, 2.75) is 52.2 Å². The van der Waals surface area contributed by atoms with Crippen LogP contribution in [0.25, 0.3) is 0 Å². The molecular weight excluding hydrogens is 242 g/mol. The molecule has 4 N–H and O–H groups in total. The molecule has 1 rings (SSSR count). The van der Waals surface area contributed by atoms with E-state index in [2.05, 4.69) is 17.6 Å². The van der Waals surface area contributed by atoms with Crippen LogP contribution < -0.4 is 16.4 Å². The fourth-order valence-electron chi connectivity index (χ4n) is 1.97. The highest BCUT2D eigenvalue weighted by atomic mass is 16.6. The van der Waals surface area contributed by atoms with Gasteiger partial charge >= 0.3 is 6.09 Å². The third kappa shape index (κ3) is 7.38. The molecule has 0 radical (unpaired) electrons. The summed E-state index contributed by atoms with van der Waals surface area (Å²) in [6.07, 6.45) is 1.79. The minimum atomic E-state index is -0.447. The quantitative estimate of drug-likeness (QED) is 0.655. The van der Waals surface area contributed by atoms with E-state index in [4.69, 9.17) is 10.5 Å². The molecule has 1 aliphatic rings. The zero-order valence-electron chi connectivity index (χ0n) is 12.7. The summed E-state index contributed by atoms with van der Waals surface area (Å²) in [4.78, 5) is 11.5. The van der Waals surface area contributed by atoms with Gasteiger partial charge in [-0.05, 0) is 52.0 Å². The normalized spacial score (nSPS) is 23.8. The number of nitrogens with one attached hydrogen (secondary N) is 2. The number of nitrogens with two attached hydrogens (primary N) is 1. The van der Waals surface area contributed by atoms with Gasteiger partial charge in [0.25, 0.3) is 0 Å². The Hall–Kier alpha value is -0.810. The summed E-state index contributed by atoms with van der Waals surface area (Å²) in [5.74, 6) is 1.67. The van der Waals surface area contributed by atoms with Crippen molar-refractivity contribution in [1.29, 1.82) is 0 Å². The van der Waals surface area contributed by atoms with E-state index in [0.717, 1.165) is 24.8 Å². The molecule has 0 aromatic carbocycles. The third-order valence-electron chi connectivity index (χ3n) is 3.39. The van der Waals surface area contributed by atoms with Crippen LogP contribution >= 0.6 is 0 Å². The van der Waals surface area contributed by atoms with Crippen molar-refractivity contribution in [1.82, 2.24) is 10.6 Å². The molecule has 5 heteroatoms. The van der Waals surface area contributed by atoms with Crippen LogP contribution in [0.15, 0.2) is 0 Å². The predicted octanol–water partition coefficient (Wildman–Crippen LogP) is 1.47. The van der Waals surface area contributed by atoms with Gasteiger partial charge in [0.1, 0.15) is 5.60 Å². The van der Waals surface area contributed by atoms with Gasteiger partial charge in [0.05, 0.1) is 0 Å². The Bertz CT molecular complexity index is 289. The minimum Gasteiger partial charge on any atom is -0.444 e. The van der Waals surface area contributed by atoms with Gasteiger partial charge < -0.3 is 21.1 Å². The summed E-state index contributed by atoms with van der Waals surface area (Å²) in [5.41, 5.74) is 5.28. The van der Waals surface area contributed by atoms with Crippen molar-refractivity contribution in [3.8, 4) is 0 Å². The van der Waals surface area contributed by atoms with Gasteiger partial charge in [0.2, 0.25) is 0 Å². The molecule has 19 heavy (non-hydrogen) atoms. The van der Waals surface area contributed by atoms with E-state index < -0.39 is 5.60 Å². The standard InChI is InChI=1S/C14H29N3O2/c1-10-7-11(10)9-17-12(8-15)5-6-16-13(18)19-14(2,3)4/h10-12,17H,5-9,15H2,1-4H3,(H,16,18). The number of amides is 1. The van der Waals surface area contributed by atoms with E-state index >= 15 is 0 Å². The minimum absolute atomic E-state index is 0.266. The lowest BCUT2D eigenvalue weighted by molar-refractivity contribution is 0.0526. The smallest absolute Gasteiger partial charge is 0.407 e. The summed E-state index contributed by atoms with van der Waals surface area (Å²) < 4.78 is 5.17. The molecular formula is C14H29N3O2. The van der Waals surface area contributed by atoms with Gasteiger partial charge in [-0.3, -0.25) is 0 Å². The monoisotopic (exact) mass is 271 g/mol. The van der Waals surface area contributed by atoms with Crippen molar-refractivity contribution in [2.75, 3.05) is 19.6 Å². The van der Waals surface area contributed by atoms with E-state index in [0.29, 0.717) is 13.1 Å². The first-order valence-electron chi connectivity index (χ1n) is 7.22. The predicted molar refractivity (Wildman–Crippen MR) is 77.0 cm³/mol. The van der Waals surface area contributed by atoms with Crippen LogP contribution in [0.2, 0.25) is 0 Å². The van der Waals surface area contributed by atoms with Gasteiger partial charge in [-0.15, -0.1) is 0 Å². The first-order chi connectivity index (χ1) is 8.81. The van der Waals surface area contributed by atoms with Crippen molar-refractivity contribution in [3.63, 3.8) is 0 Å². The van der Waals surface area contributed by atoms with E-state index in [-0.39, 0.29) is 12.1 Å². The number of hydrogen-bond donors (Lipinski definition) is 3. The molecule has 0 spiro atoms. The maximum Gasteiger partial charge on any atom is 0.407 e. The summed E-state index contributed by atoms with van der Waals surface area (Å²) in [5, 5.41) is 6.23. The van der Waals surface area contributed by atoms with Gasteiger partial charge in [-0.2, -0.15) is 0 Å². The lowest BCUT2D eigenvalue weighted by atomic mass is 10.2. The number of alkyl carbamates (subject to hydrolysis) is 1. The summed E-state index contributed by atoms with van der Waals surface area (Å²) in [6, 6.07) is 0.266. The molecule has 0 bridgehead atoms. The van der Waals surface area contributed by atoms with Crippen LogP contribution in [0.1, 0.15) is 40.5 Å². The Kier molecular flexibility index (Phi) is 6.07. The van der Waals surface area contributed by atoms with Crippen LogP contribution in [0.5, 0.6) is 0 Å². The number of carbonyl (C=O) groups excluding carboxylic acids is 1. The van der Waals surface area contributed by atoms with E-state index in [9.17, 15) is 4.79 Å². The first kappa shape index (κ1) is 16.2. The van der Waals surface area contributed by atoms with Crippen LogP contribution in [-0.4, -0.2) is 37.4 Å². The lowest BCUT2D eigenvalue weighted by Crippen LogP contribution is -2.41. The Morgan fingerprint density at radius 1 is 1.47 bits per heavy atom. The molecule has 0 heterocycles. The topological polar surface area (TPSA) is 76.4 Å². The van der Waals surface area contributed by atoms with Crippen LogP contribution in [-0.2, 0) is 4.74 Å². The molecule has 3 atom stereocenters. The fourth-order valence-corrected chi connectivity index (χ4v) is 1.97. The molecule has 0 aliphatic heterocycles. The second-order valence-corrected chi connectivity index (χ2v) is 6.53. The Morgan fingerprint density at radius 3 is 2.58 bits per heavy atom.